The molecule has 4 nitrogen and oxygen atoms in total. The molecule has 0 saturated heterocycles. The molecule has 0 radical (unpaired) electrons. The van der Waals surface area contributed by atoms with Gasteiger partial charge in [-0.15, -0.1) is 0 Å². The molecule has 0 spiro atoms. The normalized spacial score (nSPS) is 10.6. The SMILES string of the molecule is CCCCCCCCCCCCCCCCOC(=O)/C=C\C(=O)O.[H-].[K+]. The number of rotatable bonds is 17. The average molecular weight is 381 g/mol. The number of esters is 1. The number of carbonyl (C=O) groups excluding carboxylic acids is 1. The van der Waals surface area contributed by atoms with E-state index in [9.17, 15) is 9.59 Å². The molecule has 25 heavy (non-hydrogen) atoms. The van der Waals surface area contributed by atoms with Crippen molar-refractivity contribution in [1.29, 1.82) is 0 Å². The Balaban J connectivity index is -0.00000264. The third-order valence-corrected chi connectivity index (χ3v) is 4.10. The summed E-state index contributed by atoms with van der Waals surface area (Å²) in [6.07, 6.45) is 19.8. The quantitative estimate of drug-likeness (QED) is 0.182. The van der Waals surface area contributed by atoms with Crippen molar-refractivity contribution in [3.63, 3.8) is 0 Å². The summed E-state index contributed by atoms with van der Waals surface area (Å²) >= 11 is 0. The van der Waals surface area contributed by atoms with Gasteiger partial charge in [0.15, 0.2) is 0 Å². The van der Waals surface area contributed by atoms with Crippen molar-refractivity contribution in [1.82, 2.24) is 0 Å². The molecule has 0 saturated carbocycles. The largest absolute Gasteiger partial charge is 1.00 e. The molecule has 0 fully saturated rings. The molecule has 1 N–H and O–H groups in total. The molecule has 142 valence electrons. The van der Waals surface area contributed by atoms with E-state index in [1.54, 1.807) is 0 Å². The molecular weight excluding hydrogens is 343 g/mol. The van der Waals surface area contributed by atoms with Gasteiger partial charge in [-0.2, -0.15) is 0 Å². The predicted octanol–water partition coefficient (Wildman–Crippen LogP) is 2.77. The summed E-state index contributed by atoms with van der Waals surface area (Å²) in [5.41, 5.74) is 0. The van der Waals surface area contributed by atoms with E-state index >= 15 is 0 Å². The molecule has 0 amide bonds. The molecule has 0 rings (SSSR count). The van der Waals surface area contributed by atoms with Crippen molar-refractivity contribution in [3.05, 3.63) is 12.2 Å². The van der Waals surface area contributed by atoms with Gasteiger partial charge in [-0.3, -0.25) is 0 Å². The van der Waals surface area contributed by atoms with E-state index in [2.05, 4.69) is 6.92 Å². The van der Waals surface area contributed by atoms with Crippen molar-refractivity contribution in [2.45, 2.75) is 96.8 Å². The Bertz CT molecular complexity index is 349. The van der Waals surface area contributed by atoms with Gasteiger partial charge in [0.1, 0.15) is 0 Å². The molecule has 0 aromatic carbocycles. The van der Waals surface area contributed by atoms with Crippen molar-refractivity contribution in [3.8, 4) is 0 Å². The van der Waals surface area contributed by atoms with Crippen LogP contribution in [0.25, 0.3) is 0 Å². The summed E-state index contributed by atoms with van der Waals surface area (Å²) < 4.78 is 4.91. The fourth-order valence-electron chi connectivity index (χ4n) is 2.66. The first kappa shape index (κ1) is 27.5. The van der Waals surface area contributed by atoms with Crippen LogP contribution in [-0.4, -0.2) is 23.7 Å². The smallest absolute Gasteiger partial charge is 1.00 e. The minimum absolute atomic E-state index is 0. The number of ether oxygens (including phenoxy) is 1. The zero-order valence-electron chi connectivity index (χ0n) is 17.4. The molecule has 0 aromatic rings. The first-order valence-electron chi connectivity index (χ1n) is 9.74. The first-order chi connectivity index (χ1) is 11.7. The van der Waals surface area contributed by atoms with E-state index in [0.717, 1.165) is 25.0 Å². The van der Waals surface area contributed by atoms with E-state index in [0.29, 0.717) is 6.61 Å². The predicted molar refractivity (Wildman–Crippen MR) is 99.2 cm³/mol. The average Bonchev–Trinajstić information content (AvgIpc) is 2.56. The minimum atomic E-state index is -1.14. The van der Waals surface area contributed by atoms with Crippen LogP contribution in [0.4, 0.5) is 0 Å². The Kier molecular flexibility index (Phi) is 24.6. The molecule has 0 unspecified atom stereocenters. The van der Waals surface area contributed by atoms with Crippen LogP contribution in [0.2, 0.25) is 0 Å². The van der Waals surface area contributed by atoms with Crippen LogP contribution in [0.1, 0.15) is 98.2 Å². The van der Waals surface area contributed by atoms with Gasteiger partial charge in [0, 0.05) is 12.2 Å². The Morgan fingerprint density at radius 2 is 1.16 bits per heavy atom. The second kappa shape index (κ2) is 22.4. The maximum atomic E-state index is 11.1. The van der Waals surface area contributed by atoms with Gasteiger partial charge in [-0.05, 0) is 6.42 Å². The number of hydrogen-bond donors (Lipinski definition) is 1. The third kappa shape index (κ3) is 24.3. The van der Waals surface area contributed by atoms with Gasteiger partial charge in [0.25, 0.3) is 0 Å². The van der Waals surface area contributed by atoms with Gasteiger partial charge in [-0.25, -0.2) is 9.59 Å². The number of hydrogen-bond acceptors (Lipinski definition) is 3. The number of carboxylic acids is 1. The fraction of sp³-hybridized carbons (Fsp3) is 0.800. The zero-order chi connectivity index (χ0) is 17.9. The molecule has 0 aromatic heterocycles. The fourth-order valence-corrected chi connectivity index (χ4v) is 2.66. The molecule has 0 aliphatic heterocycles. The zero-order valence-corrected chi connectivity index (χ0v) is 19.6. The second-order valence-corrected chi connectivity index (χ2v) is 6.44. The van der Waals surface area contributed by atoms with Crippen LogP contribution < -0.4 is 51.4 Å². The van der Waals surface area contributed by atoms with E-state index in [4.69, 9.17) is 9.84 Å². The van der Waals surface area contributed by atoms with Crippen LogP contribution >= 0.6 is 0 Å². The number of aliphatic carboxylic acids is 1. The second-order valence-electron chi connectivity index (χ2n) is 6.44. The van der Waals surface area contributed by atoms with E-state index in [-0.39, 0.29) is 52.8 Å². The van der Waals surface area contributed by atoms with Crippen LogP contribution in [0.3, 0.4) is 0 Å². The molecule has 5 heteroatoms. The van der Waals surface area contributed by atoms with Crippen molar-refractivity contribution in [2.24, 2.45) is 0 Å². The number of carbonyl (C=O) groups is 2. The molecule has 0 aliphatic carbocycles. The van der Waals surface area contributed by atoms with Crippen molar-refractivity contribution in [2.75, 3.05) is 6.61 Å². The minimum Gasteiger partial charge on any atom is -1.00 e. The summed E-state index contributed by atoms with van der Waals surface area (Å²) in [6, 6.07) is 0. The molecular formula is C20H37KO4. The summed E-state index contributed by atoms with van der Waals surface area (Å²) in [5.74, 6) is -1.71. The molecule has 0 bridgehead atoms. The maximum absolute atomic E-state index is 11.1. The summed E-state index contributed by atoms with van der Waals surface area (Å²) in [5, 5.41) is 8.37. The monoisotopic (exact) mass is 380 g/mol. The molecule has 0 aliphatic rings. The van der Waals surface area contributed by atoms with Crippen LogP contribution in [-0.2, 0) is 14.3 Å². The van der Waals surface area contributed by atoms with Gasteiger partial charge in [0.05, 0.1) is 6.61 Å². The first-order valence-corrected chi connectivity index (χ1v) is 9.74. The maximum Gasteiger partial charge on any atom is 1.00 e. The van der Waals surface area contributed by atoms with Gasteiger partial charge < -0.3 is 11.3 Å². The number of unbranched alkanes of at least 4 members (excludes halogenated alkanes) is 13. The summed E-state index contributed by atoms with van der Waals surface area (Å²) in [4.78, 5) is 21.3. The van der Waals surface area contributed by atoms with Crippen molar-refractivity contribution < 1.29 is 72.2 Å². The van der Waals surface area contributed by atoms with Gasteiger partial charge in [0.2, 0.25) is 0 Å². The van der Waals surface area contributed by atoms with E-state index in [1.165, 1.54) is 77.0 Å². The Morgan fingerprint density at radius 3 is 1.56 bits per heavy atom. The Hall–Kier alpha value is 0.316. The van der Waals surface area contributed by atoms with Gasteiger partial charge in [-0.1, -0.05) is 90.4 Å². The topological polar surface area (TPSA) is 63.6 Å². The van der Waals surface area contributed by atoms with Crippen LogP contribution in [0.5, 0.6) is 0 Å². The van der Waals surface area contributed by atoms with E-state index < -0.39 is 11.9 Å². The molecule has 0 atom stereocenters. The van der Waals surface area contributed by atoms with Crippen LogP contribution in [0, 0.1) is 0 Å². The third-order valence-electron chi connectivity index (χ3n) is 4.10. The van der Waals surface area contributed by atoms with Crippen molar-refractivity contribution >= 4 is 11.9 Å². The van der Waals surface area contributed by atoms with Crippen LogP contribution in [0.15, 0.2) is 12.2 Å². The Morgan fingerprint density at radius 1 is 0.760 bits per heavy atom. The molecule has 0 heterocycles. The standard InChI is InChI=1S/C20H36O4.K.H/c1-2-3-4-5-6-7-8-9-10-11-12-13-14-15-18-24-20(23)17-16-19(21)22;;/h16-17H,2-15,18H2,1H3,(H,21,22);;/q;+1;-1/b17-16-;;. The summed E-state index contributed by atoms with van der Waals surface area (Å²) in [6.45, 7) is 2.63. The Labute approximate surface area is 198 Å². The number of carboxylic acid groups (broad SMARTS) is 1. The van der Waals surface area contributed by atoms with Gasteiger partial charge >= 0.3 is 63.3 Å². The van der Waals surface area contributed by atoms with E-state index in [1.807, 2.05) is 0 Å². The summed E-state index contributed by atoms with van der Waals surface area (Å²) in [7, 11) is 0.